The van der Waals surface area contributed by atoms with Gasteiger partial charge in [-0.25, -0.2) is 8.42 Å². The highest BCUT2D eigenvalue weighted by Crippen LogP contribution is 2.45. The number of hydrogen-bond acceptors (Lipinski definition) is 7. The second-order valence-corrected chi connectivity index (χ2v) is 10.5. The number of benzene rings is 1. The van der Waals surface area contributed by atoms with E-state index < -0.39 is 40.2 Å². The van der Waals surface area contributed by atoms with Gasteiger partial charge in [0.15, 0.2) is 9.84 Å². The number of amides is 2. The molecule has 8 nitrogen and oxygen atoms in total. The van der Waals surface area contributed by atoms with Gasteiger partial charge in [0.25, 0.3) is 11.8 Å². The number of thioether (sulfide) groups is 1. The van der Waals surface area contributed by atoms with Crippen LogP contribution in [0.25, 0.3) is 5.57 Å². The summed E-state index contributed by atoms with van der Waals surface area (Å²) in [6, 6.07) is 6.10. The molecule has 0 aliphatic carbocycles. The summed E-state index contributed by atoms with van der Waals surface area (Å²) in [6.07, 6.45) is 0.299. The molecular weight excluding hydrogens is 424 g/mol. The standard InChI is InChI=1S/C17H14N2O6S3/c20-12(21)7-18-11-4-2-1-3-10(11)13(15(18)22)14-16(23)19(17(26)27-14)9-5-6-28(24,25)8-9/h1-4,9H,5-8H2,(H,20,21). The number of thiocarbonyl (C=S) groups is 1. The van der Waals surface area contributed by atoms with Gasteiger partial charge in [-0.1, -0.05) is 42.2 Å². The molecule has 28 heavy (non-hydrogen) atoms. The molecule has 146 valence electrons. The average Bonchev–Trinajstić information content (AvgIpc) is 3.20. The molecule has 2 fully saturated rings. The van der Waals surface area contributed by atoms with Gasteiger partial charge in [-0.05, 0) is 12.5 Å². The van der Waals surface area contributed by atoms with Crippen molar-refractivity contribution in [2.75, 3.05) is 23.0 Å². The van der Waals surface area contributed by atoms with Crippen molar-refractivity contribution in [3.63, 3.8) is 0 Å². The van der Waals surface area contributed by atoms with Gasteiger partial charge >= 0.3 is 5.97 Å². The smallest absolute Gasteiger partial charge is 0.323 e. The van der Waals surface area contributed by atoms with Crippen molar-refractivity contribution in [3.05, 3.63) is 34.7 Å². The predicted molar refractivity (Wildman–Crippen MR) is 107 cm³/mol. The second kappa shape index (κ2) is 6.68. The summed E-state index contributed by atoms with van der Waals surface area (Å²) in [4.78, 5) is 39.7. The molecule has 0 spiro atoms. The number of para-hydroxylation sites is 1. The third-order valence-electron chi connectivity index (χ3n) is 4.82. The summed E-state index contributed by atoms with van der Waals surface area (Å²) in [5, 5.41) is 9.13. The van der Waals surface area contributed by atoms with Crippen LogP contribution in [-0.2, 0) is 24.2 Å². The van der Waals surface area contributed by atoms with Crippen molar-refractivity contribution >= 4 is 67.2 Å². The van der Waals surface area contributed by atoms with E-state index in [2.05, 4.69) is 0 Å². The fourth-order valence-corrected chi connectivity index (χ4v) is 6.79. The molecule has 1 atom stereocenters. The van der Waals surface area contributed by atoms with Gasteiger partial charge in [0.1, 0.15) is 10.9 Å². The quantitative estimate of drug-likeness (QED) is 0.547. The molecule has 1 unspecified atom stereocenters. The minimum atomic E-state index is -3.22. The Morgan fingerprint density at radius 2 is 1.96 bits per heavy atom. The third-order valence-corrected chi connectivity index (χ3v) is 7.97. The largest absolute Gasteiger partial charge is 0.480 e. The van der Waals surface area contributed by atoms with E-state index >= 15 is 0 Å². The molecule has 0 radical (unpaired) electrons. The molecule has 1 aromatic rings. The number of fused-ring (bicyclic) bond motifs is 1. The molecule has 0 aromatic heterocycles. The molecular formula is C17H14N2O6S3. The molecule has 2 amide bonds. The van der Waals surface area contributed by atoms with Gasteiger partial charge in [-0.2, -0.15) is 0 Å². The minimum Gasteiger partial charge on any atom is -0.480 e. The van der Waals surface area contributed by atoms with Crippen LogP contribution in [-0.4, -0.2) is 64.6 Å². The lowest BCUT2D eigenvalue weighted by Gasteiger charge is -2.21. The van der Waals surface area contributed by atoms with E-state index in [-0.39, 0.29) is 26.3 Å². The number of anilines is 1. The number of carboxylic acids is 1. The van der Waals surface area contributed by atoms with E-state index in [1.165, 1.54) is 4.90 Å². The number of aliphatic carboxylic acids is 1. The first-order chi connectivity index (χ1) is 13.2. The Hall–Kier alpha value is -2.24. The zero-order chi connectivity index (χ0) is 20.2. The van der Waals surface area contributed by atoms with Crippen LogP contribution in [0.2, 0.25) is 0 Å². The summed E-state index contributed by atoms with van der Waals surface area (Å²) in [7, 11) is -3.22. The molecule has 1 N–H and O–H groups in total. The monoisotopic (exact) mass is 438 g/mol. The SMILES string of the molecule is O=C(O)CN1C(=O)C(=C2SC(=S)N(C3CCS(=O)(=O)C3)C2=O)c2ccccc21. The van der Waals surface area contributed by atoms with Crippen molar-refractivity contribution in [2.24, 2.45) is 0 Å². The number of rotatable bonds is 3. The van der Waals surface area contributed by atoms with Gasteiger partial charge in [-0.3, -0.25) is 24.2 Å². The summed E-state index contributed by atoms with van der Waals surface area (Å²) < 4.78 is 23.8. The highest BCUT2D eigenvalue weighted by Gasteiger charge is 2.46. The molecule has 2 saturated heterocycles. The predicted octanol–water partition coefficient (Wildman–Crippen LogP) is 0.876. The fraction of sp³-hybridized carbons (Fsp3) is 0.294. The Labute approximate surface area is 170 Å². The Kier molecular flexibility index (Phi) is 4.55. The molecule has 4 rings (SSSR count). The number of sulfone groups is 1. The maximum Gasteiger partial charge on any atom is 0.323 e. The minimum absolute atomic E-state index is 0.00517. The number of carbonyl (C=O) groups is 3. The first-order valence-corrected chi connectivity index (χ1v) is 11.4. The van der Waals surface area contributed by atoms with Crippen molar-refractivity contribution in [3.8, 4) is 0 Å². The maximum absolute atomic E-state index is 13.1. The van der Waals surface area contributed by atoms with E-state index in [9.17, 15) is 22.8 Å². The maximum atomic E-state index is 13.1. The van der Waals surface area contributed by atoms with Crippen LogP contribution in [0.1, 0.15) is 12.0 Å². The molecule has 3 aliphatic heterocycles. The number of carboxylic acid groups (broad SMARTS) is 1. The second-order valence-electron chi connectivity index (χ2n) is 6.61. The zero-order valence-electron chi connectivity index (χ0n) is 14.3. The highest BCUT2D eigenvalue weighted by molar-refractivity contribution is 8.26. The van der Waals surface area contributed by atoms with E-state index in [4.69, 9.17) is 17.3 Å². The first-order valence-electron chi connectivity index (χ1n) is 8.33. The van der Waals surface area contributed by atoms with Crippen molar-refractivity contribution in [1.29, 1.82) is 0 Å². The van der Waals surface area contributed by atoms with Gasteiger partial charge in [-0.15, -0.1) is 0 Å². The first kappa shape index (κ1) is 19.1. The summed E-state index contributed by atoms with van der Waals surface area (Å²) in [5.74, 6) is -2.42. The van der Waals surface area contributed by atoms with Crippen molar-refractivity contribution in [2.45, 2.75) is 12.5 Å². The van der Waals surface area contributed by atoms with Gasteiger partial charge in [0.2, 0.25) is 0 Å². The molecule has 11 heteroatoms. The van der Waals surface area contributed by atoms with Crippen LogP contribution >= 0.6 is 24.0 Å². The van der Waals surface area contributed by atoms with Crippen LogP contribution in [0.4, 0.5) is 5.69 Å². The summed E-state index contributed by atoms with van der Waals surface area (Å²) in [6.45, 7) is -0.527. The average molecular weight is 439 g/mol. The Bertz CT molecular complexity index is 1080. The molecule has 0 bridgehead atoms. The van der Waals surface area contributed by atoms with Crippen molar-refractivity contribution in [1.82, 2.24) is 4.90 Å². The highest BCUT2D eigenvalue weighted by atomic mass is 32.2. The lowest BCUT2D eigenvalue weighted by Crippen LogP contribution is -2.39. The van der Waals surface area contributed by atoms with Crippen LogP contribution in [0.15, 0.2) is 29.2 Å². The Morgan fingerprint density at radius 3 is 2.61 bits per heavy atom. The van der Waals surface area contributed by atoms with E-state index in [1.54, 1.807) is 24.3 Å². The number of nitrogens with zero attached hydrogens (tertiary/aromatic N) is 2. The normalized spacial score (nSPS) is 26.3. The lowest BCUT2D eigenvalue weighted by molar-refractivity contribution is -0.136. The van der Waals surface area contributed by atoms with Crippen LogP contribution in [0, 0.1) is 0 Å². The number of carbonyl (C=O) groups excluding carboxylic acids is 2. The Balaban J connectivity index is 1.77. The topological polar surface area (TPSA) is 112 Å². The van der Waals surface area contributed by atoms with E-state index in [0.717, 1.165) is 16.7 Å². The van der Waals surface area contributed by atoms with Crippen molar-refractivity contribution < 1.29 is 27.9 Å². The van der Waals surface area contributed by atoms with Gasteiger partial charge < -0.3 is 5.11 Å². The summed E-state index contributed by atoms with van der Waals surface area (Å²) in [5.41, 5.74) is 0.990. The summed E-state index contributed by atoms with van der Waals surface area (Å²) >= 11 is 6.25. The molecule has 0 saturated carbocycles. The van der Waals surface area contributed by atoms with Gasteiger partial charge in [0, 0.05) is 5.56 Å². The zero-order valence-corrected chi connectivity index (χ0v) is 16.8. The van der Waals surface area contributed by atoms with E-state index in [1.807, 2.05) is 0 Å². The fourth-order valence-electron chi connectivity index (χ4n) is 3.62. The van der Waals surface area contributed by atoms with Crippen LogP contribution in [0.3, 0.4) is 0 Å². The van der Waals surface area contributed by atoms with Gasteiger partial charge in [0.05, 0.1) is 33.7 Å². The van der Waals surface area contributed by atoms with E-state index in [0.29, 0.717) is 17.7 Å². The molecule has 1 aromatic carbocycles. The number of hydrogen-bond donors (Lipinski definition) is 1. The molecule has 3 heterocycles. The Morgan fingerprint density at radius 1 is 1.25 bits per heavy atom. The van der Waals surface area contributed by atoms with Crippen LogP contribution in [0.5, 0.6) is 0 Å². The lowest BCUT2D eigenvalue weighted by atomic mass is 10.1. The van der Waals surface area contributed by atoms with Crippen LogP contribution < -0.4 is 4.90 Å². The molecule has 3 aliphatic rings. The third kappa shape index (κ3) is 3.03.